The Morgan fingerprint density at radius 1 is 1.33 bits per heavy atom. The van der Waals surface area contributed by atoms with Gasteiger partial charge in [-0.3, -0.25) is 4.79 Å². The van der Waals surface area contributed by atoms with Crippen LogP contribution < -0.4 is 5.32 Å². The van der Waals surface area contributed by atoms with Gasteiger partial charge in [0, 0.05) is 12.3 Å². The lowest BCUT2D eigenvalue weighted by atomic mass is 10.2. The summed E-state index contributed by atoms with van der Waals surface area (Å²) in [6.07, 6.45) is 0.288. The number of amides is 1. The predicted octanol–water partition coefficient (Wildman–Crippen LogP) is 1.84. The third-order valence-electron chi connectivity index (χ3n) is 2.25. The van der Waals surface area contributed by atoms with Crippen LogP contribution in [0.25, 0.3) is 0 Å². The van der Waals surface area contributed by atoms with E-state index in [1.165, 1.54) is 7.11 Å². The summed E-state index contributed by atoms with van der Waals surface area (Å²) >= 11 is 0. The summed E-state index contributed by atoms with van der Waals surface area (Å²) in [4.78, 5) is 22.8. The third-order valence-corrected chi connectivity index (χ3v) is 2.25. The van der Waals surface area contributed by atoms with Gasteiger partial charge in [0.05, 0.1) is 25.7 Å². The van der Waals surface area contributed by atoms with Crippen LogP contribution in [0.4, 0.5) is 5.69 Å². The van der Waals surface area contributed by atoms with Crippen LogP contribution in [0, 0.1) is 0 Å². The average Bonchev–Trinajstić information content (AvgIpc) is 2.38. The average molecular weight is 251 g/mol. The van der Waals surface area contributed by atoms with Crippen LogP contribution in [-0.4, -0.2) is 32.2 Å². The Morgan fingerprint density at radius 2 is 2.11 bits per heavy atom. The molecule has 0 aromatic heterocycles. The molecule has 0 fully saturated rings. The highest BCUT2D eigenvalue weighted by Gasteiger charge is 2.07. The summed E-state index contributed by atoms with van der Waals surface area (Å²) in [5.74, 6) is -0.578. The molecule has 5 heteroatoms. The fourth-order valence-electron chi connectivity index (χ4n) is 1.37. The highest BCUT2D eigenvalue weighted by atomic mass is 16.5. The van der Waals surface area contributed by atoms with Gasteiger partial charge < -0.3 is 14.8 Å². The van der Waals surface area contributed by atoms with Gasteiger partial charge in [0.2, 0.25) is 5.91 Å². The lowest BCUT2D eigenvalue weighted by Gasteiger charge is -2.06. The normalized spacial score (nSPS) is 9.89. The zero-order valence-electron chi connectivity index (χ0n) is 10.6. The van der Waals surface area contributed by atoms with E-state index in [2.05, 4.69) is 10.1 Å². The first kappa shape index (κ1) is 14.2. The van der Waals surface area contributed by atoms with Crippen molar-refractivity contribution < 1.29 is 19.1 Å². The molecule has 0 spiro atoms. The molecule has 5 nitrogen and oxygen atoms in total. The molecule has 0 bridgehead atoms. The fourth-order valence-corrected chi connectivity index (χ4v) is 1.37. The van der Waals surface area contributed by atoms with Crippen LogP contribution >= 0.6 is 0 Å². The summed E-state index contributed by atoms with van der Waals surface area (Å²) in [5.41, 5.74) is 0.972. The largest absolute Gasteiger partial charge is 0.465 e. The number of hydrogen-bond acceptors (Lipinski definition) is 4. The zero-order chi connectivity index (χ0) is 13.4. The van der Waals surface area contributed by atoms with Crippen LogP contribution in [0.1, 0.15) is 23.7 Å². The van der Waals surface area contributed by atoms with E-state index >= 15 is 0 Å². The molecule has 0 aliphatic rings. The van der Waals surface area contributed by atoms with Crippen molar-refractivity contribution in [1.29, 1.82) is 0 Å². The Labute approximate surface area is 106 Å². The lowest BCUT2D eigenvalue weighted by molar-refractivity contribution is -0.117. The van der Waals surface area contributed by atoms with Crippen LogP contribution in [-0.2, 0) is 14.3 Å². The smallest absolute Gasteiger partial charge is 0.337 e. The first-order valence-electron chi connectivity index (χ1n) is 5.73. The summed E-state index contributed by atoms with van der Waals surface area (Å²) in [5, 5.41) is 2.69. The number of rotatable bonds is 6. The Kier molecular flexibility index (Phi) is 5.87. The van der Waals surface area contributed by atoms with Gasteiger partial charge in [-0.25, -0.2) is 4.79 Å². The van der Waals surface area contributed by atoms with E-state index in [-0.39, 0.29) is 12.3 Å². The van der Waals surface area contributed by atoms with Gasteiger partial charge in [-0.2, -0.15) is 0 Å². The number of anilines is 1. The van der Waals surface area contributed by atoms with Gasteiger partial charge in [-0.05, 0) is 25.1 Å². The van der Waals surface area contributed by atoms with E-state index in [4.69, 9.17) is 4.74 Å². The molecular formula is C13H17NO4. The number of carbonyl (C=O) groups excluding carboxylic acids is 2. The Morgan fingerprint density at radius 3 is 2.78 bits per heavy atom. The molecular weight excluding hydrogens is 234 g/mol. The summed E-state index contributed by atoms with van der Waals surface area (Å²) in [7, 11) is 1.32. The maximum atomic E-state index is 11.5. The van der Waals surface area contributed by atoms with Crippen molar-refractivity contribution in [2.24, 2.45) is 0 Å². The fraction of sp³-hybridized carbons (Fsp3) is 0.385. The van der Waals surface area contributed by atoms with Crippen molar-refractivity contribution in [3.05, 3.63) is 29.8 Å². The SMILES string of the molecule is CCOCCC(=O)Nc1cccc(C(=O)OC)c1. The molecule has 1 rings (SSSR count). The summed E-state index contributed by atoms with van der Waals surface area (Å²) in [6, 6.07) is 6.60. The van der Waals surface area contributed by atoms with Gasteiger partial charge in [-0.1, -0.05) is 6.07 Å². The number of carbonyl (C=O) groups is 2. The Bertz CT molecular complexity index is 417. The topological polar surface area (TPSA) is 64.6 Å². The highest BCUT2D eigenvalue weighted by molar-refractivity contribution is 5.94. The quantitative estimate of drug-likeness (QED) is 0.619. The van der Waals surface area contributed by atoms with E-state index in [1.807, 2.05) is 6.92 Å². The van der Waals surface area contributed by atoms with Crippen molar-refractivity contribution in [3.8, 4) is 0 Å². The first-order valence-corrected chi connectivity index (χ1v) is 5.73. The van der Waals surface area contributed by atoms with Crippen molar-refractivity contribution in [2.45, 2.75) is 13.3 Å². The molecule has 0 atom stereocenters. The molecule has 1 aromatic rings. The maximum Gasteiger partial charge on any atom is 0.337 e. The summed E-state index contributed by atoms with van der Waals surface area (Å²) in [6.45, 7) is 2.85. The molecule has 18 heavy (non-hydrogen) atoms. The predicted molar refractivity (Wildman–Crippen MR) is 67.5 cm³/mol. The Balaban J connectivity index is 2.56. The minimum atomic E-state index is -0.430. The molecule has 0 saturated carbocycles. The molecule has 0 aliphatic heterocycles. The summed E-state index contributed by atoms with van der Waals surface area (Å²) < 4.78 is 9.69. The van der Waals surface area contributed by atoms with Crippen LogP contribution in [0.5, 0.6) is 0 Å². The first-order chi connectivity index (χ1) is 8.67. The Hall–Kier alpha value is -1.88. The molecule has 0 saturated heterocycles. The van der Waals surface area contributed by atoms with Crippen LogP contribution in [0.15, 0.2) is 24.3 Å². The van der Waals surface area contributed by atoms with Crippen molar-refractivity contribution in [1.82, 2.24) is 0 Å². The van der Waals surface area contributed by atoms with Gasteiger partial charge in [-0.15, -0.1) is 0 Å². The van der Waals surface area contributed by atoms with Crippen molar-refractivity contribution in [2.75, 3.05) is 25.6 Å². The second-order valence-corrected chi connectivity index (χ2v) is 3.57. The number of ether oxygens (including phenoxy) is 2. The van der Waals surface area contributed by atoms with E-state index in [9.17, 15) is 9.59 Å². The molecule has 1 amide bonds. The standard InChI is InChI=1S/C13H17NO4/c1-3-18-8-7-12(15)14-11-6-4-5-10(9-11)13(16)17-2/h4-6,9H,3,7-8H2,1-2H3,(H,14,15). The lowest BCUT2D eigenvalue weighted by Crippen LogP contribution is -2.14. The molecule has 0 heterocycles. The van der Waals surface area contributed by atoms with Crippen LogP contribution in [0.2, 0.25) is 0 Å². The molecule has 0 aliphatic carbocycles. The minimum absolute atomic E-state index is 0.148. The number of methoxy groups -OCH3 is 1. The second-order valence-electron chi connectivity index (χ2n) is 3.57. The number of benzene rings is 1. The maximum absolute atomic E-state index is 11.5. The molecule has 0 radical (unpaired) electrons. The number of hydrogen-bond donors (Lipinski definition) is 1. The third kappa shape index (κ3) is 4.55. The minimum Gasteiger partial charge on any atom is -0.465 e. The monoisotopic (exact) mass is 251 g/mol. The van der Waals surface area contributed by atoms with Gasteiger partial charge in [0.1, 0.15) is 0 Å². The highest BCUT2D eigenvalue weighted by Crippen LogP contribution is 2.11. The van der Waals surface area contributed by atoms with E-state index < -0.39 is 5.97 Å². The number of esters is 1. The van der Waals surface area contributed by atoms with E-state index in [1.54, 1.807) is 24.3 Å². The molecule has 1 N–H and O–H groups in total. The van der Waals surface area contributed by atoms with Crippen LogP contribution in [0.3, 0.4) is 0 Å². The zero-order valence-corrected chi connectivity index (χ0v) is 10.6. The van der Waals surface area contributed by atoms with Gasteiger partial charge >= 0.3 is 5.97 Å². The van der Waals surface area contributed by atoms with Crippen molar-refractivity contribution >= 4 is 17.6 Å². The van der Waals surface area contributed by atoms with Gasteiger partial charge in [0.25, 0.3) is 0 Å². The second kappa shape index (κ2) is 7.45. The van der Waals surface area contributed by atoms with E-state index in [0.29, 0.717) is 24.5 Å². The number of nitrogens with one attached hydrogen (secondary N) is 1. The van der Waals surface area contributed by atoms with Crippen molar-refractivity contribution in [3.63, 3.8) is 0 Å². The molecule has 1 aromatic carbocycles. The molecule has 98 valence electrons. The van der Waals surface area contributed by atoms with Gasteiger partial charge in [0.15, 0.2) is 0 Å². The molecule has 0 unspecified atom stereocenters. The van der Waals surface area contributed by atoms with E-state index in [0.717, 1.165) is 0 Å².